The molecule has 3 rings (SSSR count). The molecule has 0 aliphatic heterocycles. The number of carbonyl (C=O) groups is 1. The highest BCUT2D eigenvalue weighted by molar-refractivity contribution is 5.77. The Kier molecular flexibility index (Phi) is 4.28. The SMILES string of the molecule is Cc1cccc(OCC(=O)NCc2cn3ccccc3n2)c1C. The van der Waals surface area contributed by atoms with Gasteiger partial charge in [0.1, 0.15) is 11.4 Å². The van der Waals surface area contributed by atoms with Crippen LogP contribution < -0.4 is 10.1 Å². The van der Waals surface area contributed by atoms with Gasteiger partial charge in [0.05, 0.1) is 12.2 Å². The first kappa shape index (κ1) is 15.1. The maximum Gasteiger partial charge on any atom is 0.258 e. The fourth-order valence-corrected chi connectivity index (χ4v) is 2.34. The van der Waals surface area contributed by atoms with Crippen molar-refractivity contribution >= 4 is 11.6 Å². The number of aromatic nitrogens is 2. The number of ether oxygens (including phenoxy) is 1. The number of pyridine rings is 1. The number of nitrogens with one attached hydrogen (secondary N) is 1. The van der Waals surface area contributed by atoms with E-state index in [9.17, 15) is 4.79 Å². The lowest BCUT2D eigenvalue weighted by Crippen LogP contribution is -2.28. The molecule has 5 heteroatoms. The third kappa shape index (κ3) is 3.51. The van der Waals surface area contributed by atoms with Crippen LogP contribution in [-0.2, 0) is 11.3 Å². The summed E-state index contributed by atoms with van der Waals surface area (Å²) in [6.45, 7) is 4.39. The van der Waals surface area contributed by atoms with Gasteiger partial charge in [0.25, 0.3) is 5.91 Å². The van der Waals surface area contributed by atoms with Crippen molar-refractivity contribution in [3.63, 3.8) is 0 Å². The average molecular weight is 309 g/mol. The lowest BCUT2D eigenvalue weighted by molar-refractivity contribution is -0.123. The Balaban J connectivity index is 1.54. The van der Waals surface area contributed by atoms with Crippen molar-refractivity contribution in [1.82, 2.24) is 14.7 Å². The Morgan fingerprint density at radius 3 is 2.91 bits per heavy atom. The molecule has 1 amide bonds. The van der Waals surface area contributed by atoms with Crippen LogP contribution in [0.5, 0.6) is 5.75 Å². The highest BCUT2D eigenvalue weighted by Crippen LogP contribution is 2.20. The number of imidazole rings is 1. The molecule has 2 heterocycles. The zero-order valence-corrected chi connectivity index (χ0v) is 13.2. The summed E-state index contributed by atoms with van der Waals surface area (Å²) >= 11 is 0. The minimum Gasteiger partial charge on any atom is -0.483 e. The van der Waals surface area contributed by atoms with Crippen LogP contribution in [0.4, 0.5) is 0 Å². The van der Waals surface area contributed by atoms with Crippen molar-refractivity contribution in [2.75, 3.05) is 6.61 Å². The van der Waals surface area contributed by atoms with Crippen LogP contribution in [-0.4, -0.2) is 21.9 Å². The molecule has 23 heavy (non-hydrogen) atoms. The maximum atomic E-state index is 11.9. The molecule has 0 unspecified atom stereocenters. The van der Waals surface area contributed by atoms with E-state index < -0.39 is 0 Å². The van der Waals surface area contributed by atoms with Crippen LogP contribution in [0.2, 0.25) is 0 Å². The number of carbonyl (C=O) groups excluding carboxylic acids is 1. The quantitative estimate of drug-likeness (QED) is 0.788. The number of aryl methyl sites for hydroxylation is 1. The number of fused-ring (bicyclic) bond motifs is 1. The highest BCUT2D eigenvalue weighted by atomic mass is 16.5. The summed E-state index contributed by atoms with van der Waals surface area (Å²) in [7, 11) is 0. The van der Waals surface area contributed by atoms with E-state index in [2.05, 4.69) is 10.3 Å². The van der Waals surface area contributed by atoms with Crippen LogP contribution in [0, 0.1) is 13.8 Å². The molecule has 0 aliphatic rings. The second-order valence-corrected chi connectivity index (χ2v) is 5.46. The molecule has 0 atom stereocenters. The molecule has 0 radical (unpaired) electrons. The molecule has 1 N–H and O–H groups in total. The summed E-state index contributed by atoms with van der Waals surface area (Å²) in [5.74, 6) is 0.579. The molecule has 118 valence electrons. The van der Waals surface area contributed by atoms with Crippen molar-refractivity contribution in [2.24, 2.45) is 0 Å². The van der Waals surface area contributed by atoms with E-state index in [1.807, 2.05) is 67.0 Å². The molecule has 1 aromatic carbocycles. The number of hydrogen-bond donors (Lipinski definition) is 1. The van der Waals surface area contributed by atoms with Gasteiger partial charge in [-0.2, -0.15) is 0 Å². The van der Waals surface area contributed by atoms with E-state index in [1.54, 1.807) is 0 Å². The third-order valence-corrected chi connectivity index (χ3v) is 3.79. The van der Waals surface area contributed by atoms with E-state index >= 15 is 0 Å². The van der Waals surface area contributed by atoms with Gasteiger partial charge in [-0.3, -0.25) is 4.79 Å². The predicted molar refractivity (Wildman–Crippen MR) is 88.4 cm³/mol. The lowest BCUT2D eigenvalue weighted by atomic mass is 10.1. The monoisotopic (exact) mass is 309 g/mol. The van der Waals surface area contributed by atoms with Gasteiger partial charge in [-0.15, -0.1) is 0 Å². The van der Waals surface area contributed by atoms with Gasteiger partial charge >= 0.3 is 0 Å². The van der Waals surface area contributed by atoms with Gasteiger partial charge in [-0.1, -0.05) is 18.2 Å². The average Bonchev–Trinajstić information content (AvgIpc) is 2.97. The van der Waals surface area contributed by atoms with Gasteiger partial charge in [-0.25, -0.2) is 4.98 Å². The standard InChI is InChI=1S/C18H19N3O2/c1-13-6-5-7-16(14(13)2)23-12-18(22)19-10-15-11-21-9-4-3-8-17(21)20-15/h3-9,11H,10,12H2,1-2H3,(H,19,22). The van der Waals surface area contributed by atoms with Crippen molar-refractivity contribution in [2.45, 2.75) is 20.4 Å². The molecular formula is C18H19N3O2. The summed E-state index contributed by atoms with van der Waals surface area (Å²) in [5.41, 5.74) is 3.88. The molecule has 0 aliphatic carbocycles. The predicted octanol–water partition coefficient (Wildman–Crippen LogP) is 2.65. The summed E-state index contributed by atoms with van der Waals surface area (Å²) in [6.07, 6.45) is 3.83. The molecule has 2 aromatic heterocycles. The number of benzene rings is 1. The smallest absolute Gasteiger partial charge is 0.258 e. The maximum absolute atomic E-state index is 11.9. The normalized spacial score (nSPS) is 10.7. The van der Waals surface area contributed by atoms with E-state index in [-0.39, 0.29) is 12.5 Å². The topological polar surface area (TPSA) is 55.6 Å². The van der Waals surface area contributed by atoms with Crippen molar-refractivity contribution in [3.05, 3.63) is 65.6 Å². The van der Waals surface area contributed by atoms with Crippen molar-refractivity contribution in [1.29, 1.82) is 0 Å². The number of rotatable bonds is 5. The second kappa shape index (κ2) is 6.52. The van der Waals surface area contributed by atoms with Crippen molar-refractivity contribution < 1.29 is 9.53 Å². The number of hydrogen-bond acceptors (Lipinski definition) is 3. The largest absolute Gasteiger partial charge is 0.483 e. The summed E-state index contributed by atoms with van der Waals surface area (Å²) < 4.78 is 7.51. The molecule has 5 nitrogen and oxygen atoms in total. The Labute approximate surface area is 134 Å². The summed E-state index contributed by atoms with van der Waals surface area (Å²) in [4.78, 5) is 16.4. The Morgan fingerprint density at radius 1 is 1.22 bits per heavy atom. The Hall–Kier alpha value is -2.82. The van der Waals surface area contributed by atoms with E-state index in [1.165, 1.54) is 0 Å². The van der Waals surface area contributed by atoms with Gasteiger partial charge in [0, 0.05) is 12.4 Å². The Morgan fingerprint density at radius 2 is 2.09 bits per heavy atom. The first-order chi connectivity index (χ1) is 11.1. The van der Waals surface area contributed by atoms with Crippen LogP contribution in [0.1, 0.15) is 16.8 Å². The molecule has 3 aromatic rings. The molecule has 0 saturated carbocycles. The van der Waals surface area contributed by atoms with Crippen molar-refractivity contribution in [3.8, 4) is 5.75 Å². The Bertz CT molecular complexity index is 806. The van der Waals surface area contributed by atoms with E-state index in [4.69, 9.17) is 4.74 Å². The fourth-order valence-electron chi connectivity index (χ4n) is 2.34. The van der Waals surface area contributed by atoms with Crippen LogP contribution in [0.15, 0.2) is 48.8 Å². The molecular weight excluding hydrogens is 290 g/mol. The first-order valence-electron chi connectivity index (χ1n) is 7.52. The molecule has 0 fully saturated rings. The molecule has 0 bridgehead atoms. The minimum atomic E-state index is -0.164. The van der Waals surface area contributed by atoms with Crippen LogP contribution >= 0.6 is 0 Å². The molecule has 0 saturated heterocycles. The zero-order chi connectivity index (χ0) is 16.2. The van der Waals surface area contributed by atoms with Gasteiger partial charge in [0.15, 0.2) is 6.61 Å². The van der Waals surface area contributed by atoms with E-state index in [0.29, 0.717) is 6.54 Å². The third-order valence-electron chi connectivity index (χ3n) is 3.79. The minimum absolute atomic E-state index is 0.00232. The van der Waals surface area contributed by atoms with Crippen LogP contribution in [0.3, 0.4) is 0 Å². The molecule has 0 spiro atoms. The van der Waals surface area contributed by atoms with Crippen LogP contribution in [0.25, 0.3) is 5.65 Å². The highest BCUT2D eigenvalue weighted by Gasteiger charge is 2.07. The number of amides is 1. The lowest BCUT2D eigenvalue weighted by Gasteiger charge is -2.10. The summed E-state index contributed by atoms with van der Waals surface area (Å²) in [5, 5.41) is 2.82. The van der Waals surface area contributed by atoms with Gasteiger partial charge in [-0.05, 0) is 43.2 Å². The second-order valence-electron chi connectivity index (χ2n) is 5.46. The zero-order valence-electron chi connectivity index (χ0n) is 13.2. The fraction of sp³-hybridized carbons (Fsp3) is 0.222. The summed E-state index contributed by atoms with van der Waals surface area (Å²) in [6, 6.07) is 11.6. The van der Waals surface area contributed by atoms with Gasteiger partial charge in [0.2, 0.25) is 0 Å². The van der Waals surface area contributed by atoms with E-state index in [0.717, 1.165) is 28.2 Å². The number of nitrogens with zero attached hydrogens (tertiary/aromatic N) is 2. The first-order valence-corrected chi connectivity index (χ1v) is 7.52. The van der Waals surface area contributed by atoms with Gasteiger partial charge < -0.3 is 14.5 Å².